The molecule has 3 rings (SSSR count). The molecule has 0 saturated heterocycles. The molecule has 2 aromatic carbocycles. The molecule has 1 aromatic heterocycles. The van der Waals surface area contributed by atoms with E-state index in [1.807, 2.05) is 25.1 Å². The number of amides is 1. The number of hydrogen-bond donors (Lipinski definition) is 2. The molecule has 0 aliphatic heterocycles. The van der Waals surface area contributed by atoms with Crippen LogP contribution >= 0.6 is 11.8 Å². The molecular formula is C19H19N3O3S2. The number of carbonyl (C=O) groups is 1. The summed E-state index contributed by atoms with van der Waals surface area (Å²) in [5, 5.41) is 9.70. The highest BCUT2D eigenvalue weighted by Gasteiger charge is 2.13. The molecule has 3 aromatic rings. The van der Waals surface area contributed by atoms with Crippen LogP contribution in [0.2, 0.25) is 0 Å². The minimum Gasteiger partial charge on any atom is -0.348 e. The average molecular weight is 402 g/mol. The van der Waals surface area contributed by atoms with E-state index in [2.05, 4.69) is 15.5 Å². The number of nitrogens with zero attached hydrogens (tertiary/aromatic N) is 1. The zero-order valence-electron chi connectivity index (χ0n) is 14.9. The molecule has 0 radical (unpaired) electrons. The number of aryl methyl sites for hydroxylation is 1. The van der Waals surface area contributed by atoms with Crippen LogP contribution in [0.15, 0.2) is 69.4 Å². The number of hydrogen-bond acceptors (Lipinski definition) is 5. The first-order chi connectivity index (χ1) is 12.8. The molecule has 0 saturated carbocycles. The fraction of sp³-hybridized carbons (Fsp3) is 0.158. The molecule has 2 N–H and O–H groups in total. The summed E-state index contributed by atoms with van der Waals surface area (Å²) in [6.07, 6.45) is 2.87. The number of benzene rings is 2. The zero-order valence-corrected chi connectivity index (χ0v) is 16.5. The highest BCUT2D eigenvalue weighted by molar-refractivity contribution is 7.99. The summed E-state index contributed by atoms with van der Waals surface area (Å²) >= 11 is 1.41. The van der Waals surface area contributed by atoms with Crippen LogP contribution in [0.4, 0.5) is 0 Å². The molecule has 0 spiro atoms. The van der Waals surface area contributed by atoms with Crippen LogP contribution in [0.3, 0.4) is 0 Å². The quantitative estimate of drug-likeness (QED) is 0.662. The third-order valence-electron chi connectivity index (χ3n) is 3.99. The molecule has 1 amide bonds. The van der Waals surface area contributed by atoms with Crippen molar-refractivity contribution in [2.45, 2.75) is 28.2 Å². The smallest absolute Gasteiger partial charge is 0.252 e. The third-order valence-corrected chi connectivity index (χ3v) is 6.20. The highest BCUT2D eigenvalue weighted by atomic mass is 32.2. The molecule has 0 fully saturated rings. The molecule has 140 valence electrons. The summed E-state index contributed by atoms with van der Waals surface area (Å²) in [4.78, 5) is 14.5. The van der Waals surface area contributed by atoms with Gasteiger partial charge in [0.2, 0.25) is 0 Å². The number of sulfone groups is 1. The highest BCUT2D eigenvalue weighted by Crippen LogP contribution is 2.31. The number of H-pyrrole nitrogens is 1. The predicted molar refractivity (Wildman–Crippen MR) is 105 cm³/mol. The van der Waals surface area contributed by atoms with Crippen molar-refractivity contribution in [3.63, 3.8) is 0 Å². The summed E-state index contributed by atoms with van der Waals surface area (Å²) in [7, 11) is -3.23. The van der Waals surface area contributed by atoms with Gasteiger partial charge in [-0.1, -0.05) is 23.9 Å². The number of nitrogens with one attached hydrogen (secondary N) is 2. The maximum absolute atomic E-state index is 12.6. The second kappa shape index (κ2) is 7.98. The summed E-state index contributed by atoms with van der Waals surface area (Å²) in [5.41, 5.74) is 2.42. The van der Waals surface area contributed by atoms with Crippen molar-refractivity contribution < 1.29 is 13.2 Å². The van der Waals surface area contributed by atoms with E-state index in [4.69, 9.17) is 0 Å². The SMILES string of the molecule is Cc1[nH]ncc1CNC(=O)c1ccccc1Sc1ccc(S(C)(=O)=O)cc1. The van der Waals surface area contributed by atoms with E-state index < -0.39 is 9.84 Å². The lowest BCUT2D eigenvalue weighted by Crippen LogP contribution is -2.23. The van der Waals surface area contributed by atoms with Crippen LogP contribution in [-0.2, 0) is 16.4 Å². The standard InChI is InChI=1S/C19H19N3O3S2/c1-13-14(12-21-22-13)11-20-19(23)17-5-3-4-6-18(17)26-15-7-9-16(10-8-15)27(2,24)25/h3-10,12H,11H2,1-2H3,(H,20,23)(H,21,22). The maximum atomic E-state index is 12.6. The second-order valence-electron chi connectivity index (χ2n) is 6.04. The molecular weight excluding hydrogens is 382 g/mol. The van der Waals surface area contributed by atoms with Gasteiger partial charge in [0.1, 0.15) is 0 Å². The van der Waals surface area contributed by atoms with Crippen molar-refractivity contribution >= 4 is 27.5 Å². The number of aromatic amines is 1. The van der Waals surface area contributed by atoms with Crippen molar-refractivity contribution in [3.05, 3.63) is 71.5 Å². The van der Waals surface area contributed by atoms with Crippen molar-refractivity contribution in [2.75, 3.05) is 6.26 Å². The molecule has 0 aliphatic rings. The van der Waals surface area contributed by atoms with E-state index in [0.717, 1.165) is 21.0 Å². The average Bonchev–Trinajstić information content (AvgIpc) is 3.05. The Morgan fingerprint density at radius 1 is 1.15 bits per heavy atom. The Morgan fingerprint density at radius 3 is 2.48 bits per heavy atom. The molecule has 0 atom stereocenters. The first-order valence-electron chi connectivity index (χ1n) is 8.18. The summed E-state index contributed by atoms with van der Waals surface area (Å²) < 4.78 is 23.1. The van der Waals surface area contributed by atoms with Gasteiger partial charge in [0.15, 0.2) is 9.84 Å². The van der Waals surface area contributed by atoms with Gasteiger partial charge in [-0.3, -0.25) is 9.89 Å². The van der Waals surface area contributed by atoms with Gasteiger partial charge in [0.05, 0.1) is 16.7 Å². The number of rotatable bonds is 6. The van der Waals surface area contributed by atoms with Crippen LogP contribution in [0.25, 0.3) is 0 Å². The van der Waals surface area contributed by atoms with E-state index >= 15 is 0 Å². The fourth-order valence-corrected chi connectivity index (χ4v) is 4.02. The summed E-state index contributed by atoms with van der Waals surface area (Å²) in [6, 6.07) is 13.9. The molecule has 0 bridgehead atoms. The first-order valence-corrected chi connectivity index (χ1v) is 10.9. The largest absolute Gasteiger partial charge is 0.348 e. The van der Waals surface area contributed by atoms with Gasteiger partial charge < -0.3 is 5.32 Å². The number of carbonyl (C=O) groups excluding carboxylic acids is 1. The van der Waals surface area contributed by atoms with E-state index in [1.165, 1.54) is 18.0 Å². The lowest BCUT2D eigenvalue weighted by molar-refractivity contribution is 0.0948. The van der Waals surface area contributed by atoms with E-state index in [-0.39, 0.29) is 10.8 Å². The Morgan fingerprint density at radius 2 is 1.85 bits per heavy atom. The van der Waals surface area contributed by atoms with Crippen molar-refractivity contribution in [2.24, 2.45) is 0 Å². The third kappa shape index (κ3) is 4.78. The van der Waals surface area contributed by atoms with Gasteiger partial charge in [0, 0.05) is 33.8 Å². The number of aromatic nitrogens is 2. The molecule has 0 aliphatic carbocycles. The van der Waals surface area contributed by atoms with Gasteiger partial charge in [-0.25, -0.2) is 8.42 Å². The normalized spacial score (nSPS) is 11.3. The van der Waals surface area contributed by atoms with Crippen LogP contribution in [0.1, 0.15) is 21.6 Å². The Bertz CT molecular complexity index is 1060. The minimum atomic E-state index is -3.23. The Hall–Kier alpha value is -2.58. The molecule has 8 heteroatoms. The monoisotopic (exact) mass is 401 g/mol. The maximum Gasteiger partial charge on any atom is 0.252 e. The minimum absolute atomic E-state index is 0.175. The Kier molecular flexibility index (Phi) is 5.67. The van der Waals surface area contributed by atoms with Gasteiger partial charge >= 0.3 is 0 Å². The summed E-state index contributed by atoms with van der Waals surface area (Å²) in [6.45, 7) is 2.29. The lowest BCUT2D eigenvalue weighted by Gasteiger charge is -2.10. The van der Waals surface area contributed by atoms with Gasteiger partial charge in [-0.05, 0) is 43.3 Å². The van der Waals surface area contributed by atoms with Crippen molar-refractivity contribution in [1.82, 2.24) is 15.5 Å². The molecule has 6 nitrogen and oxygen atoms in total. The molecule has 27 heavy (non-hydrogen) atoms. The fourth-order valence-electron chi connectivity index (χ4n) is 2.45. The predicted octanol–water partition coefficient (Wildman–Crippen LogP) is 3.20. The van der Waals surface area contributed by atoms with Crippen LogP contribution in [-0.4, -0.2) is 30.8 Å². The van der Waals surface area contributed by atoms with Crippen LogP contribution in [0.5, 0.6) is 0 Å². The first kappa shape index (κ1) is 19.2. The van der Waals surface area contributed by atoms with Crippen molar-refractivity contribution in [1.29, 1.82) is 0 Å². The van der Waals surface area contributed by atoms with Gasteiger partial charge in [0.25, 0.3) is 5.91 Å². The Labute approximate surface area is 162 Å². The molecule has 0 unspecified atom stereocenters. The Balaban J connectivity index is 1.75. The van der Waals surface area contributed by atoms with Crippen LogP contribution < -0.4 is 5.32 Å². The molecule has 1 heterocycles. The van der Waals surface area contributed by atoms with E-state index in [1.54, 1.807) is 36.5 Å². The van der Waals surface area contributed by atoms with E-state index in [0.29, 0.717) is 12.1 Å². The van der Waals surface area contributed by atoms with Crippen molar-refractivity contribution in [3.8, 4) is 0 Å². The summed E-state index contributed by atoms with van der Waals surface area (Å²) in [5.74, 6) is -0.175. The van der Waals surface area contributed by atoms with Gasteiger partial charge in [-0.2, -0.15) is 5.10 Å². The second-order valence-corrected chi connectivity index (χ2v) is 9.18. The van der Waals surface area contributed by atoms with Gasteiger partial charge in [-0.15, -0.1) is 0 Å². The topological polar surface area (TPSA) is 91.9 Å². The zero-order chi connectivity index (χ0) is 19.4. The van der Waals surface area contributed by atoms with E-state index in [9.17, 15) is 13.2 Å². The van der Waals surface area contributed by atoms with Crippen LogP contribution in [0, 0.1) is 6.92 Å². The lowest BCUT2D eigenvalue weighted by atomic mass is 10.2.